The van der Waals surface area contributed by atoms with Gasteiger partial charge in [0.25, 0.3) is 5.91 Å². The van der Waals surface area contributed by atoms with Gasteiger partial charge in [-0.25, -0.2) is 0 Å². The van der Waals surface area contributed by atoms with Crippen LogP contribution in [0.3, 0.4) is 0 Å². The van der Waals surface area contributed by atoms with Gasteiger partial charge in [-0.3, -0.25) is 19.3 Å². The Bertz CT molecular complexity index is 985. The highest BCUT2D eigenvalue weighted by Crippen LogP contribution is 2.33. The fraction of sp³-hybridized carbons (Fsp3) is 0.679. The second kappa shape index (κ2) is 11.1. The van der Waals surface area contributed by atoms with E-state index in [4.69, 9.17) is 9.47 Å². The molecule has 0 unspecified atom stereocenters. The van der Waals surface area contributed by atoms with Crippen molar-refractivity contribution >= 4 is 23.3 Å². The van der Waals surface area contributed by atoms with Crippen LogP contribution in [0, 0.1) is 5.92 Å². The van der Waals surface area contributed by atoms with Gasteiger partial charge in [-0.2, -0.15) is 0 Å². The third kappa shape index (κ3) is 5.26. The van der Waals surface area contributed by atoms with Gasteiger partial charge in [0, 0.05) is 50.6 Å². The zero-order chi connectivity index (χ0) is 26.1. The van der Waals surface area contributed by atoms with Crippen molar-refractivity contribution in [3.05, 3.63) is 29.8 Å². The molecule has 4 aliphatic rings. The number of anilines is 1. The summed E-state index contributed by atoms with van der Waals surface area (Å²) < 4.78 is 11.2. The molecule has 4 atom stereocenters. The van der Waals surface area contributed by atoms with E-state index in [1.165, 1.54) is 0 Å². The van der Waals surface area contributed by atoms with Crippen LogP contribution in [0.5, 0.6) is 0 Å². The number of carbonyl (C=O) groups is 3. The summed E-state index contributed by atoms with van der Waals surface area (Å²) in [6.07, 6.45) is 3.08. The van der Waals surface area contributed by atoms with Crippen LogP contribution in [0.4, 0.5) is 5.69 Å². The lowest BCUT2D eigenvalue weighted by molar-refractivity contribution is -0.139. The lowest BCUT2D eigenvalue weighted by Gasteiger charge is -2.38. The Hall–Kier alpha value is -2.49. The van der Waals surface area contributed by atoms with Crippen molar-refractivity contribution < 1.29 is 23.9 Å². The Labute approximate surface area is 219 Å². The van der Waals surface area contributed by atoms with E-state index >= 15 is 0 Å². The zero-order valence-corrected chi connectivity index (χ0v) is 22.2. The molecule has 4 fully saturated rings. The Kier molecular flexibility index (Phi) is 7.83. The van der Waals surface area contributed by atoms with E-state index in [-0.39, 0.29) is 36.2 Å². The van der Waals surface area contributed by atoms with Gasteiger partial charge in [-0.1, -0.05) is 12.8 Å². The van der Waals surface area contributed by atoms with E-state index in [1.54, 1.807) is 12.0 Å². The first kappa shape index (κ1) is 26.1. The predicted molar refractivity (Wildman–Crippen MR) is 140 cm³/mol. The molecule has 9 heteroatoms. The molecule has 3 aliphatic heterocycles. The lowest BCUT2D eigenvalue weighted by Crippen LogP contribution is -2.54. The van der Waals surface area contributed by atoms with Gasteiger partial charge in [0.2, 0.25) is 5.91 Å². The highest BCUT2D eigenvalue weighted by Gasteiger charge is 2.54. The van der Waals surface area contributed by atoms with Gasteiger partial charge in [0.15, 0.2) is 5.78 Å². The maximum absolute atomic E-state index is 13.8. The molecule has 37 heavy (non-hydrogen) atoms. The summed E-state index contributed by atoms with van der Waals surface area (Å²) in [6.45, 7) is 8.73. The monoisotopic (exact) mass is 512 g/mol. The summed E-state index contributed by atoms with van der Waals surface area (Å²) in [5, 5.41) is 3.05. The number of ether oxygens (including phenoxy) is 2. The molecule has 9 nitrogen and oxygen atoms in total. The number of piperazine rings is 1. The molecule has 0 aromatic heterocycles. The predicted octanol–water partition coefficient (Wildman–Crippen LogP) is 1.70. The summed E-state index contributed by atoms with van der Waals surface area (Å²) >= 11 is 0. The first-order valence-electron chi connectivity index (χ1n) is 13.7. The Balaban J connectivity index is 1.27. The van der Waals surface area contributed by atoms with Gasteiger partial charge in [-0.15, -0.1) is 0 Å². The van der Waals surface area contributed by atoms with Crippen LogP contribution in [-0.4, -0.2) is 104 Å². The second-order valence-electron chi connectivity index (χ2n) is 11.1. The molecule has 1 N–H and O–H groups in total. The highest BCUT2D eigenvalue weighted by molar-refractivity contribution is 5.99. The van der Waals surface area contributed by atoms with Crippen molar-refractivity contribution in [2.45, 2.75) is 69.9 Å². The van der Waals surface area contributed by atoms with Crippen molar-refractivity contribution in [2.24, 2.45) is 5.92 Å². The van der Waals surface area contributed by atoms with Gasteiger partial charge in [0.1, 0.15) is 30.9 Å². The van der Waals surface area contributed by atoms with Crippen LogP contribution in [-0.2, 0) is 19.1 Å². The average molecular weight is 513 g/mol. The molecule has 3 heterocycles. The maximum Gasteiger partial charge on any atom is 0.251 e. The number of nitrogens with one attached hydrogen (secondary N) is 1. The molecule has 1 saturated carbocycles. The topological polar surface area (TPSA) is 91.4 Å². The van der Waals surface area contributed by atoms with Crippen LogP contribution in [0.25, 0.3) is 0 Å². The van der Waals surface area contributed by atoms with Gasteiger partial charge < -0.3 is 24.6 Å². The summed E-state index contributed by atoms with van der Waals surface area (Å²) in [5.41, 5.74) is 1.64. The van der Waals surface area contributed by atoms with Crippen LogP contribution >= 0.6 is 0 Å². The number of methoxy groups -OCH3 is 1. The number of fused-ring (bicyclic) bond motifs is 1. The molecule has 1 aromatic rings. The number of likely N-dealkylation sites (tertiary alicyclic amines) is 1. The fourth-order valence-corrected chi connectivity index (χ4v) is 6.44. The summed E-state index contributed by atoms with van der Waals surface area (Å²) in [4.78, 5) is 46.1. The molecule has 0 spiro atoms. The molecular weight excluding hydrogens is 472 g/mol. The minimum absolute atomic E-state index is 0.00169. The Morgan fingerprint density at radius 1 is 1.05 bits per heavy atom. The Morgan fingerprint density at radius 3 is 2.35 bits per heavy atom. The average Bonchev–Trinajstić information content (AvgIpc) is 3.66. The first-order valence-corrected chi connectivity index (χ1v) is 13.7. The third-order valence-corrected chi connectivity index (χ3v) is 8.69. The third-order valence-electron chi connectivity index (χ3n) is 8.69. The number of hydrogen-bond acceptors (Lipinski definition) is 7. The zero-order valence-electron chi connectivity index (χ0n) is 22.2. The van der Waals surface area contributed by atoms with E-state index in [9.17, 15) is 14.4 Å². The number of nitrogens with zero attached hydrogens (tertiary/aromatic N) is 3. The minimum atomic E-state index is -0.663. The number of Topliss-reactive ketones (excluding diaryl/α,β-unsaturated/α-hetero) is 1. The van der Waals surface area contributed by atoms with Gasteiger partial charge >= 0.3 is 0 Å². The van der Waals surface area contributed by atoms with Crippen LogP contribution in [0.15, 0.2) is 24.3 Å². The first-order chi connectivity index (χ1) is 17.9. The van der Waals surface area contributed by atoms with E-state index in [1.807, 2.05) is 24.3 Å². The van der Waals surface area contributed by atoms with E-state index in [0.717, 1.165) is 57.5 Å². The van der Waals surface area contributed by atoms with Crippen molar-refractivity contribution in [1.82, 2.24) is 15.1 Å². The molecule has 0 bridgehead atoms. The molecule has 5 rings (SSSR count). The minimum Gasteiger partial charge on any atom is -0.377 e. The maximum atomic E-state index is 13.8. The second-order valence-corrected chi connectivity index (χ2v) is 11.1. The van der Waals surface area contributed by atoms with Crippen LogP contribution < -0.4 is 10.2 Å². The fourth-order valence-electron chi connectivity index (χ4n) is 6.44. The molecule has 2 amide bonds. The van der Waals surface area contributed by atoms with Crippen molar-refractivity contribution in [3.8, 4) is 0 Å². The number of benzene rings is 1. The molecule has 202 valence electrons. The lowest BCUT2D eigenvalue weighted by atomic mass is 9.95. The molecular formula is C28H40N4O5. The van der Waals surface area contributed by atoms with Gasteiger partial charge in [-0.05, 0) is 56.9 Å². The normalized spacial score (nSPS) is 27.7. The number of hydrogen-bond donors (Lipinski definition) is 1. The van der Waals surface area contributed by atoms with Crippen molar-refractivity contribution in [1.29, 1.82) is 0 Å². The molecule has 0 radical (unpaired) electrons. The standard InChI is InChI=1S/C28H40N4O5/c1-18(2)30-12-14-31(15-13-30)21-10-8-20(9-11-21)27(34)29-24(19-6-4-5-7-19)28(35)32-16-23(36-3)26-25(32)22(33)17-37-26/h8-11,18-19,23-26H,4-7,12-17H2,1-3H3,(H,29,34)/t23-,24+,25-,26-/m1/s1. The quantitative estimate of drug-likeness (QED) is 0.595. The smallest absolute Gasteiger partial charge is 0.251 e. The van der Waals surface area contributed by atoms with E-state index in [2.05, 4.69) is 29.0 Å². The van der Waals surface area contributed by atoms with E-state index in [0.29, 0.717) is 18.2 Å². The SMILES string of the molecule is CO[C@@H]1CN(C(=O)[C@@H](NC(=O)c2ccc(N3CCN(C(C)C)CC3)cc2)C2CCCC2)[C@@H]2C(=O)CO[C@@H]21. The number of carbonyl (C=O) groups excluding carboxylic acids is 3. The molecule has 1 aromatic carbocycles. The van der Waals surface area contributed by atoms with Crippen LogP contribution in [0.2, 0.25) is 0 Å². The number of amides is 2. The molecule has 1 aliphatic carbocycles. The van der Waals surface area contributed by atoms with Crippen LogP contribution in [0.1, 0.15) is 49.9 Å². The number of rotatable bonds is 7. The van der Waals surface area contributed by atoms with E-state index < -0.39 is 18.2 Å². The van der Waals surface area contributed by atoms with Crippen molar-refractivity contribution in [3.63, 3.8) is 0 Å². The summed E-state index contributed by atoms with van der Waals surface area (Å²) in [5.74, 6) is -0.493. The summed E-state index contributed by atoms with van der Waals surface area (Å²) in [6, 6.07) is 6.94. The summed E-state index contributed by atoms with van der Waals surface area (Å²) in [7, 11) is 1.58. The van der Waals surface area contributed by atoms with Crippen molar-refractivity contribution in [2.75, 3.05) is 51.3 Å². The number of ketones is 1. The molecule has 3 saturated heterocycles. The van der Waals surface area contributed by atoms with Gasteiger partial charge in [0.05, 0.1) is 6.54 Å². The largest absolute Gasteiger partial charge is 0.377 e. The Morgan fingerprint density at radius 2 is 1.73 bits per heavy atom. The highest BCUT2D eigenvalue weighted by atomic mass is 16.5.